The molecule has 1 heterocycles. The molecule has 2 aromatic carbocycles. The maximum atomic E-state index is 13.2. The van der Waals surface area contributed by atoms with Crippen LogP contribution in [-0.4, -0.2) is 53.1 Å². The Balaban J connectivity index is 1.76. The zero-order valence-corrected chi connectivity index (χ0v) is 21.7. The predicted octanol–water partition coefficient (Wildman–Crippen LogP) is 2.22. The molecule has 37 heavy (non-hydrogen) atoms. The average molecular weight is 526 g/mol. The van der Waals surface area contributed by atoms with E-state index in [9.17, 15) is 19.2 Å². The monoisotopic (exact) mass is 525 g/mol. The lowest BCUT2D eigenvalue weighted by atomic mass is 10.2. The molecular weight excluding hydrogens is 494 g/mol. The SMILES string of the molecule is COCCCN(C(=O)CSCC(=O)Nc1ccc(C)cc1)c1c(N)n(Cc2ccccc2)c(=O)[nH]c1=O. The maximum absolute atomic E-state index is 13.2. The summed E-state index contributed by atoms with van der Waals surface area (Å²) in [6.07, 6.45) is 0.442. The number of H-pyrrole nitrogens is 1. The number of carbonyl (C=O) groups is 2. The van der Waals surface area contributed by atoms with Crippen molar-refractivity contribution >= 4 is 40.8 Å². The van der Waals surface area contributed by atoms with Crippen LogP contribution in [0.3, 0.4) is 0 Å². The number of hydrogen-bond donors (Lipinski definition) is 3. The van der Waals surface area contributed by atoms with Crippen LogP contribution in [0.2, 0.25) is 0 Å². The van der Waals surface area contributed by atoms with Crippen LogP contribution in [0.5, 0.6) is 0 Å². The molecule has 3 rings (SSSR count). The van der Waals surface area contributed by atoms with Crippen molar-refractivity contribution in [2.75, 3.05) is 47.7 Å². The average Bonchev–Trinajstić information content (AvgIpc) is 2.87. The molecule has 0 spiro atoms. The fraction of sp³-hybridized carbons (Fsp3) is 0.308. The first-order valence-corrected chi connectivity index (χ1v) is 12.9. The van der Waals surface area contributed by atoms with Crippen molar-refractivity contribution in [3.63, 3.8) is 0 Å². The standard InChI is InChI=1S/C26H31N5O5S/c1-18-9-11-20(12-10-18)28-21(32)16-37-17-22(33)30(13-6-14-36-2)23-24(27)31(26(35)29-25(23)34)15-19-7-4-3-5-8-19/h3-5,7-12H,6,13-17,27H2,1-2H3,(H,28,32)(H,29,34,35). The van der Waals surface area contributed by atoms with Crippen molar-refractivity contribution in [1.82, 2.24) is 9.55 Å². The van der Waals surface area contributed by atoms with Crippen LogP contribution in [0.25, 0.3) is 0 Å². The predicted molar refractivity (Wildman–Crippen MR) is 147 cm³/mol. The van der Waals surface area contributed by atoms with E-state index in [-0.39, 0.29) is 42.0 Å². The molecule has 4 N–H and O–H groups in total. The molecule has 0 saturated carbocycles. The van der Waals surface area contributed by atoms with Gasteiger partial charge in [-0.3, -0.25) is 23.9 Å². The van der Waals surface area contributed by atoms with Gasteiger partial charge in [-0.05, 0) is 31.0 Å². The highest BCUT2D eigenvalue weighted by molar-refractivity contribution is 8.00. The summed E-state index contributed by atoms with van der Waals surface area (Å²) in [6.45, 7) is 2.59. The molecule has 11 heteroatoms. The number of ether oxygens (including phenoxy) is 1. The number of benzene rings is 2. The van der Waals surface area contributed by atoms with Crippen LogP contribution in [0, 0.1) is 6.92 Å². The van der Waals surface area contributed by atoms with Gasteiger partial charge in [0.05, 0.1) is 18.1 Å². The largest absolute Gasteiger partial charge is 0.385 e. The van der Waals surface area contributed by atoms with Crippen LogP contribution in [0.4, 0.5) is 17.2 Å². The number of thioether (sulfide) groups is 1. The molecule has 0 radical (unpaired) electrons. The topological polar surface area (TPSA) is 140 Å². The Labute approximate surface area is 218 Å². The highest BCUT2D eigenvalue weighted by Gasteiger charge is 2.24. The lowest BCUT2D eigenvalue weighted by Gasteiger charge is -2.24. The number of nitrogens with one attached hydrogen (secondary N) is 2. The molecule has 3 aromatic rings. The van der Waals surface area contributed by atoms with Gasteiger partial charge in [0.15, 0.2) is 5.69 Å². The van der Waals surface area contributed by atoms with E-state index in [0.29, 0.717) is 18.7 Å². The van der Waals surface area contributed by atoms with E-state index in [2.05, 4.69) is 10.3 Å². The summed E-state index contributed by atoms with van der Waals surface area (Å²) in [5, 5.41) is 2.79. The Kier molecular flexibility index (Phi) is 10.1. The van der Waals surface area contributed by atoms with Crippen LogP contribution in [0.1, 0.15) is 17.5 Å². The highest BCUT2D eigenvalue weighted by atomic mass is 32.2. The first-order valence-electron chi connectivity index (χ1n) is 11.7. The number of nitrogens with two attached hydrogens (primary N) is 1. The molecule has 0 saturated heterocycles. The molecule has 196 valence electrons. The van der Waals surface area contributed by atoms with Gasteiger partial charge in [0, 0.05) is 25.9 Å². The fourth-order valence-corrected chi connectivity index (χ4v) is 4.32. The second kappa shape index (κ2) is 13.5. The normalized spacial score (nSPS) is 10.8. The summed E-state index contributed by atoms with van der Waals surface area (Å²) in [5.74, 6) is -0.784. The number of methoxy groups -OCH3 is 1. The number of rotatable bonds is 12. The summed E-state index contributed by atoms with van der Waals surface area (Å²) >= 11 is 1.12. The second-order valence-corrected chi connectivity index (χ2v) is 9.35. The maximum Gasteiger partial charge on any atom is 0.330 e. The quantitative estimate of drug-likeness (QED) is 0.308. The molecule has 0 unspecified atom stereocenters. The van der Waals surface area contributed by atoms with Crippen LogP contribution in [0.15, 0.2) is 64.2 Å². The second-order valence-electron chi connectivity index (χ2n) is 8.36. The number of amides is 2. The zero-order chi connectivity index (χ0) is 26.8. The number of aryl methyl sites for hydroxylation is 1. The number of anilines is 3. The summed E-state index contributed by atoms with van der Waals surface area (Å²) in [4.78, 5) is 54.4. The number of carbonyl (C=O) groups excluding carboxylic acids is 2. The molecule has 0 aliphatic heterocycles. The van der Waals surface area contributed by atoms with Crippen molar-refractivity contribution in [3.8, 4) is 0 Å². The van der Waals surface area contributed by atoms with Gasteiger partial charge in [-0.1, -0.05) is 48.0 Å². The number of aromatic nitrogens is 2. The summed E-state index contributed by atoms with van der Waals surface area (Å²) in [5.41, 5.74) is 7.34. The zero-order valence-electron chi connectivity index (χ0n) is 20.9. The third-order valence-corrected chi connectivity index (χ3v) is 6.41. The van der Waals surface area contributed by atoms with E-state index in [1.54, 1.807) is 12.1 Å². The lowest BCUT2D eigenvalue weighted by Crippen LogP contribution is -2.42. The first-order chi connectivity index (χ1) is 17.8. The number of nitrogen functional groups attached to an aromatic ring is 1. The van der Waals surface area contributed by atoms with E-state index >= 15 is 0 Å². The van der Waals surface area contributed by atoms with Gasteiger partial charge in [-0.15, -0.1) is 11.8 Å². The summed E-state index contributed by atoms with van der Waals surface area (Å²) in [6, 6.07) is 16.6. The molecule has 0 aliphatic carbocycles. The molecule has 0 atom stereocenters. The summed E-state index contributed by atoms with van der Waals surface area (Å²) < 4.78 is 6.33. The minimum Gasteiger partial charge on any atom is -0.385 e. The van der Waals surface area contributed by atoms with Gasteiger partial charge < -0.3 is 20.7 Å². The van der Waals surface area contributed by atoms with Gasteiger partial charge in [-0.25, -0.2) is 4.79 Å². The van der Waals surface area contributed by atoms with E-state index in [1.165, 1.54) is 16.6 Å². The van der Waals surface area contributed by atoms with Gasteiger partial charge in [0.1, 0.15) is 5.82 Å². The van der Waals surface area contributed by atoms with Crippen molar-refractivity contribution in [3.05, 3.63) is 86.6 Å². The molecular formula is C26H31N5O5S. The molecule has 0 bridgehead atoms. The van der Waals surface area contributed by atoms with Crippen LogP contribution in [-0.2, 0) is 20.9 Å². The Morgan fingerprint density at radius 1 is 1.08 bits per heavy atom. The number of aromatic amines is 1. The Morgan fingerprint density at radius 2 is 1.78 bits per heavy atom. The Hall–Kier alpha value is -3.83. The van der Waals surface area contributed by atoms with Crippen LogP contribution < -0.4 is 27.2 Å². The molecule has 1 aromatic heterocycles. The number of hydrogen-bond acceptors (Lipinski definition) is 7. The molecule has 2 amide bonds. The van der Waals surface area contributed by atoms with Gasteiger partial charge >= 0.3 is 5.69 Å². The number of nitrogens with zero attached hydrogens (tertiary/aromatic N) is 2. The van der Waals surface area contributed by atoms with Crippen LogP contribution >= 0.6 is 11.8 Å². The third kappa shape index (κ3) is 7.83. The summed E-state index contributed by atoms with van der Waals surface area (Å²) in [7, 11) is 1.54. The van der Waals surface area contributed by atoms with E-state index < -0.39 is 17.2 Å². The van der Waals surface area contributed by atoms with E-state index in [0.717, 1.165) is 22.9 Å². The Morgan fingerprint density at radius 3 is 2.46 bits per heavy atom. The van der Waals surface area contributed by atoms with Gasteiger partial charge in [-0.2, -0.15) is 0 Å². The van der Waals surface area contributed by atoms with Crippen molar-refractivity contribution < 1.29 is 14.3 Å². The molecule has 0 fully saturated rings. The van der Waals surface area contributed by atoms with Gasteiger partial charge in [0.2, 0.25) is 11.8 Å². The first kappa shape index (κ1) is 27.8. The minimum absolute atomic E-state index is 0.0465. The smallest absolute Gasteiger partial charge is 0.330 e. The molecule has 10 nitrogen and oxygen atoms in total. The van der Waals surface area contributed by atoms with Crippen molar-refractivity contribution in [2.24, 2.45) is 0 Å². The van der Waals surface area contributed by atoms with Crippen molar-refractivity contribution in [2.45, 2.75) is 19.9 Å². The van der Waals surface area contributed by atoms with E-state index in [1.807, 2.05) is 49.4 Å². The minimum atomic E-state index is -0.750. The third-order valence-electron chi connectivity index (χ3n) is 5.49. The highest BCUT2D eigenvalue weighted by Crippen LogP contribution is 2.20. The Bertz CT molecular complexity index is 1320. The van der Waals surface area contributed by atoms with E-state index in [4.69, 9.17) is 10.5 Å². The van der Waals surface area contributed by atoms with Gasteiger partial charge in [0.25, 0.3) is 5.56 Å². The lowest BCUT2D eigenvalue weighted by molar-refractivity contribution is -0.116. The molecule has 0 aliphatic rings. The van der Waals surface area contributed by atoms with Crippen molar-refractivity contribution in [1.29, 1.82) is 0 Å². The fourth-order valence-electron chi connectivity index (χ4n) is 3.63.